The molecule has 0 aromatic carbocycles. The normalized spacial score (nSPS) is 18.5. The number of aromatic amines is 2. The van der Waals surface area contributed by atoms with Crippen molar-refractivity contribution in [2.75, 3.05) is 32.7 Å². The van der Waals surface area contributed by atoms with Gasteiger partial charge in [-0.1, -0.05) is 0 Å². The van der Waals surface area contributed by atoms with Crippen molar-refractivity contribution in [1.29, 1.82) is 0 Å². The average molecular weight is 505 g/mol. The summed E-state index contributed by atoms with van der Waals surface area (Å²) in [5, 5.41) is 7.15. The Balaban J connectivity index is 1.50. The van der Waals surface area contributed by atoms with Gasteiger partial charge in [0.2, 0.25) is 0 Å². The van der Waals surface area contributed by atoms with Gasteiger partial charge in [0.25, 0.3) is 0 Å². The van der Waals surface area contributed by atoms with Crippen LogP contribution in [0.15, 0.2) is 52.4 Å². The van der Waals surface area contributed by atoms with Gasteiger partial charge in [0.15, 0.2) is 0 Å². The minimum absolute atomic E-state index is 0.0148. The number of fused-ring (bicyclic) bond motifs is 8. The summed E-state index contributed by atoms with van der Waals surface area (Å²) < 4.78 is 0. The van der Waals surface area contributed by atoms with Gasteiger partial charge in [0, 0.05) is 53.5 Å². The van der Waals surface area contributed by atoms with Crippen LogP contribution in [0.1, 0.15) is 47.2 Å². The van der Waals surface area contributed by atoms with Crippen molar-refractivity contribution in [1.82, 2.24) is 30.6 Å². The zero-order chi connectivity index (χ0) is 25.6. The van der Waals surface area contributed by atoms with Crippen LogP contribution in [0.5, 0.6) is 0 Å². The molecule has 3 aromatic rings. The molecular weight excluding hydrogens is 472 g/mol. The van der Waals surface area contributed by atoms with E-state index in [-0.39, 0.29) is 6.04 Å². The minimum atomic E-state index is -0.0148. The number of nitrogens with zero attached hydrogens (tertiary/aromatic N) is 4. The van der Waals surface area contributed by atoms with E-state index < -0.39 is 0 Å². The lowest BCUT2D eigenvalue weighted by Crippen LogP contribution is -2.26. The fourth-order valence-corrected chi connectivity index (χ4v) is 4.87. The molecule has 8 heteroatoms. The van der Waals surface area contributed by atoms with Crippen LogP contribution in [0.25, 0.3) is 46.4 Å². The summed E-state index contributed by atoms with van der Waals surface area (Å²) in [5.74, 6) is 0. The first-order chi connectivity index (χ1) is 18.8. The smallest absolute Gasteiger partial charge is 0.0707 e. The average Bonchev–Trinajstić information content (AvgIpc) is 3.72. The van der Waals surface area contributed by atoms with E-state index in [9.17, 15) is 0 Å². The summed E-state index contributed by atoms with van der Waals surface area (Å²) in [6.07, 6.45) is 14.0. The molecule has 8 nitrogen and oxygen atoms in total. The number of aromatic nitrogens is 4. The van der Waals surface area contributed by atoms with Gasteiger partial charge in [-0.3, -0.25) is 9.98 Å². The van der Waals surface area contributed by atoms with Crippen LogP contribution in [-0.4, -0.2) is 65.1 Å². The third-order valence-corrected chi connectivity index (χ3v) is 6.69. The van der Waals surface area contributed by atoms with Crippen LogP contribution >= 0.6 is 0 Å². The molecule has 0 spiro atoms. The molecule has 38 heavy (non-hydrogen) atoms. The van der Waals surface area contributed by atoms with Crippen LogP contribution in [0, 0.1) is 0 Å². The molecule has 0 saturated carbocycles. The molecule has 6 heterocycles. The summed E-state index contributed by atoms with van der Waals surface area (Å²) in [6.45, 7) is 4.04. The van der Waals surface area contributed by atoms with Gasteiger partial charge in [-0.25, -0.2) is 9.97 Å². The molecule has 0 saturated heterocycles. The minimum Gasteiger partial charge on any atom is -0.355 e. The van der Waals surface area contributed by atoms with Crippen molar-refractivity contribution in [3.8, 4) is 0 Å². The van der Waals surface area contributed by atoms with Crippen molar-refractivity contribution in [2.24, 2.45) is 9.98 Å². The SMILES string of the molecule is C1=Cc2cc3ccc(cc4ccc([nH]4)c(C4CN=CCCNCCN=CCCN4)c4nc(cc1n2)C=C4)[nH]3. The number of H-pyrrole nitrogens is 2. The quantitative estimate of drug-likeness (QED) is 0.263. The predicted molar refractivity (Wildman–Crippen MR) is 158 cm³/mol. The highest BCUT2D eigenvalue weighted by Crippen LogP contribution is 2.26. The number of hydrogen-bond acceptors (Lipinski definition) is 6. The summed E-state index contributed by atoms with van der Waals surface area (Å²) in [4.78, 5) is 26.2. The molecule has 1 unspecified atom stereocenters. The molecular formula is C30H32N8. The lowest BCUT2D eigenvalue weighted by Gasteiger charge is -2.18. The van der Waals surface area contributed by atoms with Crippen molar-refractivity contribution in [2.45, 2.75) is 18.9 Å². The molecule has 3 aromatic heterocycles. The Hall–Kier alpha value is -4.14. The molecule has 3 aliphatic rings. The second-order valence-corrected chi connectivity index (χ2v) is 9.56. The summed E-state index contributed by atoms with van der Waals surface area (Å²) in [5.41, 5.74) is 8.82. The molecule has 0 radical (unpaired) electrons. The van der Waals surface area contributed by atoms with E-state index in [0.717, 1.165) is 89.4 Å². The summed E-state index contributed by atoms with van der Waals surface area (Å²) >= 11 is 0. The lowest BCUT2D eigenvalue weighted by molar-refractivity contribution is 0.554. The van der Waals surface area contributed by atoms with Crippen LogP contribution in [0.3, 0.4) is 0 Å². The molecule has 1 atom stereocenters. The van der Waals surface area contributed by atoms with E-state index in [1.807, 2.05) is 30.6 Å². The van der Waals surface area contributed by atoms with Gasteiger partial charge in [0.05, 0.1) is 41.9 Å². The maximum Gasteiger partial charge on any atom is 0.0707 e. The molecule has 0 aliphatic carbocycles. The van der Waals surface area contributed by atoms with Gasteiger partial charge in [-0.2, -0.15) is 0 Å². The predicted octanol–water partition coefficient (Wildman–Crippen LogP) is 4.81. The van der Waals surface area contributed by atoms with Gasteiger partial charge >= 0.3 is 0 Å². The molecule has 6 rings (SSSR count). The molecule has 4 N–H and O–H groups in total. The second kappa shape index (κ2) is 11.5. The Kier molecular flexibility index (Phi) is 7.33. The monoisotopic (exact) mass is 504 g/mol. The zero-order valence-electron chi connectivity index (χ0n) is 21.3. The fourth-order valence-electron chi connectivity index (χ4n) is 4.87. The van der Waals surface area contributed by atoms with E-state index in [2.05, 4.69) is 74.1 Å². The Morgan fingerprint density at radius 1 is 0.658 bits per heavy atom. The van der Waals surface area contributed by atoms with Crippen LogP contribution in [-0.2, 0) is 0 Å². The zero-order valence-corrected chi connectivity index (χ0v) is 21.3. The van der Waals surface area contributed by atoms with Gasteiger partial charge in [-0.15, -0.1) is 0 Å². The standard InChI is InChI=1S/C30H32N8/c1-11-31-15-16-32-12-2-14-34-29(20-33-13-1)30-27-9-7-25(37-27)18-23-5-3-21(35-23)17-22-4-6-24(36-22)19-26-8-10-28(30)38-26/h3-10,12-13,17-19,29,31,34-35,37H,1-2,11,14-16,20H2. The molecule has 3 aliphatic heterocycles. The highest BCUT2D eigenvalue weighted by molar-refractivity contribution is 5.79. The highest BCUT2D eigenvalue weighted by atomic mass is 15.0. The molecule has 0 amide bonds. The Bertz CT molecular complexity index is 1570. The first-order valence-corrected chi connectivity index (χ1v) is 13.3. The number of rotatable bonds is 1. The first-order valence-electron chi connectivity index (χ1n) is 13.3. The van der Waals surface area contributed by atoms with Crippen LogP contribution in [0.4, 0.5) is 0 Å². The Morgan fingerprint density at radius 2 is 1.39 bits per heavy atom. The number of aliphatic imine (C=N–C) groups is 2. The summed E-state index contributed by atoms with van der Waals surface area (Å²) in [6, 6.07) is 14.6. The van der Waals surface area contributed by atoms with Crippen molar-refractivity contribution in [3.05, 3.63) is 70.8 Å². The molecule has 0 fully saturated rings. The molecule has 8 bridgehead atoms. The van der Waals surface area contributed by atoms with Crippen molar-refractivity contribution >= 4 is 58.8 Å². The van der Waals surface area contributed by atoms with E-state index >= 15 is 0 Å². The summed E-state index contributed by atoms with van der Waals surface area (Å²) in [7, 11) is 0. The third-order valence-electron chi connectivity index (χ3n) is 6.69. The van der Waals surface area contributed by atoms with Crippen LogP contribution in [0.2, 0.25) is 0 Å². The third kappa shape index (κ3) is 5.88. The van der Waals surface area contributed by atoms with E-state index in [4.69, 9.17) is 15.0 Å². The Morgan fingerprint density at radius 3 is 2.34 bits per heavy atom. The second-order valence-electron chi connectivity index (χ2n) is 9.56. The van der Waals surface area contributed by atoms with Crippen molar-refractivity contribution in [3.63, 3.8) is 0 Å². The molecule has 192 valence electrons. The highest BCUT2D eigenvalue weighted by Gasteiger charge is 2.18. The van der Waals surface area contributed by atoms with Gasteiger partial charge in [-0.05, 0) is 85.8 Å². The first kappa shape index (κ1) is 24.2. The topological polar surface area (TPSA) is 106 Å². The van der Waals surface area contributed by atoms with Gasteiger partial charge in [0.1, 0.15) is 0 Å². The van der Waals surface area contributed by atoms with E-state index in [0.29, 0.717) is 6.54 Å². The Labute approximate surface area is 221 Å². The van der Waals surface area contributed by atoms with Crippen molar-refractivity contribution < 1.29 is 0 Å². The van der Waals surface area contributed by atoms with Gasteiger partial charge < -0.3 is 20.6 Å². The number of nitrogens with one attached hydrogen (secondary N) is 4. The van der Waals surface area contributed by atoms with E-state index in [1.54, 1.807) is 0 Å². The fraction of sp³-hybridized carbons (Fsp3) is 0.267. The largest absolute Gasteiger partial charge is 0.355 e. The number of hydrogen-bond donors (Lipinski definition) is 4. The maximum absolute atomic E-state index is 5.02. The van der Waals surface area contributed by atoms with E-state index in [1.165, 1.54) is 0 Å². The maximum atomic E-state index is 5.02. The lowest BCUT2D eigenvalue weighted by atomic mass is 10.0. The van der Waals surface area contributed by atoms with Crippen LogP contribution < -0.4 is 10.6 Å².